The summed E-state index contributed by atoms with van der Waals surface area (Å²) in [6, 6.07) is 5.76. The lowest BCUT2D eigenvalue weighted by Crippen LogP contribution is -2.51. The summed E-state index contributed by atoms with van der Waals surface area (Å²) in [7, 11) is 1.56. The molecule has 1 aliphatic heterocycles. The number of hydrogen-bond acceptors (Lipinski definition) is 4. The van der Waals surface area contributed by atoms with Gasteiger partial charge < -0.3 is 15.4 Å². The highest BCUT2D eigenvalue weighted by atomic mass is 16.5. The van der Waals surface area contributed by atoms with Gasteiger partial charge in [0.05, 0.1) is 12.7 Å². The predicted molar refractivity (Wildman–Crippen MR) is 84.6 cm³/mol. The smallest absolute Gasteiger partial charge is 0.257 e. The van der Waals surface area contributed by atoms with Crippen LogP contribution in [-0.2, 0) is 0 Å². The number of carbonyl (C=O) groups is 1. The van der Waals surface area contributed by atoms with E-state index >= 15 is 0 Å². The summed E-state index contributed by atoms with van der Waals surface area (Å²) in [6.45, 7) is 7.81. The molecule has 1 unspecified atom stereocenters. The molecule has 1 amide bonds. The molecule has 21 heavy (non-hydrogen) atoms. The molecule has 1 atom stereocenters. The van der Waals surface area contributed by atoms with E-state index in [-0.39, 0.29) is 5.91 Å². The molecule has 0 radical (unpaired) electrons. The molecule has 116 valence electrons. The molecular weight excluding hydrogens is 266 g/mol. The Bertz CT molecular complexity index is 496. The molecule has 1 aromatic carbocycles. The maximum atomic E-state index is 12.6. The minimum absolute atomic E-state index is 0.0238. The van der Waals surface area contributed by atoms with E-state index in [9.17, 15) is 4.79 Å². The molecule has 0 aliphatic carbocycles. The Kier molecular flexibility index (Phi) is 5.07. The van der Waals surface area contributed by atoms with Gasteiger partial charge in [-0.15, -0.1) is 0 Å². The van der Waals surface area contributed by atoms with Crippen LogP contribution in [0.5, 0.6) is 5.75 Å². The highest BCUT2D eigenvalue weighted by Crippen LogP contribution is 2.23. The van der Waals surface area contributed by atoms with E-state index in [0.29, 0.717) is 23.0 Å². The Morgan fingerprint density at radius 2 is 2.00 bits per heavy atom. The second-order valence-electron chi connectivity index (χ2n) is 5.55. The van der Waals surface area contributed by atoms with Crippen molar-refractivity contribution < 1.29 is 9.53 Å². The summed E-state index contributed by atoms with van der Waals surface area (Å²) < 4.78 is 5.28. The van der Waals surface area contributed by atoms with Crippen LogP contribution in [0.2, 0.25) is 0 Å². The van der Waals surface area contributed by atoms with Crippen molar-refractivity contribution in [3.63, 3.8) is 0 Å². The highest BCUT2D eigenvalue weighted by molar-refractivity contribution is 5.97. The fourth-order valence-corrected chi connectivity index (χ4v) is 2.68. The number of benzene rings is 1. The van der Waals surface area contributed by atoms with E-state index in [0.717, 1.165) is 32.6 Å². The van der Waals surface area contributed by atoms with Crippen molar-refractivity contribution >= 4 is 11.6 Å². The fourth-order valence-electron chi connectivity index (χ4n) is 2.68. The molecule has 1 fully saturated rings. The van der Waals surface area contributed by atoms with Gasteiger partial charge in [0.25, 0.3) is 5.91 Å². The lowest BCUT2D eigenvalue weighted by Gasteiger charge is -2.38. The van der Waals surface area contributed by atoms with Gasteiger partial charge in [0.15, 0.2) is 0 Å². The molecule has 0 spiro atoms. The van der Waals surface area contributed by atoms with E-state index in [1.807, 2.05) is 4.90 Å². The zero-order valence-electron chi connectivity index (χ0n) is 13.1. The van der Waals surface area contributed by atoms with Crippen LogP contribution in [-0.4, -0.2) is 55.0 Å². The van der Waals surface area contributed by atoms with Gasteiger partial charge in [0, 0.05) is 44.0 Å². The summed E-state index contributed by atoms with van der Waals surface area (Å²) in [5.74, 6) is 0.569. The Labute approximate surface area is 126 Å². The molecule has 0 saturated carbocycles. The molecule has 0 bridgehead atoms. The lowest BCUT2D eigenvalue weighted by molar-refractivity contribution is 0.0577. The van der Waals surface area contributed by atoms with Crippen LogP contribution in [0.1, 0.15) is 30.6 Å². The average Bonchev–Trinajstić information content (AvgIpc) is 2.53. The first-order valence-electron chi connectivity index (χ1n) is 7.53. The van der Waals surface area contributed by atoms with Crippen molar-refractivity contribution in [2.24, 2.45) is 0 Å². The number of nitrogen functional groups attached to an aromatic ring is 1. The predicted octanol–water partition coefficient (Wildman–Crippen LogP) is 1.83. The molecule has 5 heteroatoms. The van der Waals surface area contributed by atoms with Gasteiger partial charge in [-0.05, 0) is 25.5 Å². The van der Waals surface area contributed by atoms with Gasteiger partial charge in [-0.3, -0.25) is 9.69 Å². The topological polar surface area (TPSA) is 58.8 Å². The summed E-state index contributed by atoms with van der Waals surface area (Å²) in [5, 5.41) is 0. The third-order valence-electron chi connectivity index (χ3n) is 4.27. The number of nitrogens with two attached hydrogens (primary N) is 1. The number of hydrogen-bond donors (Lipinski definition) is 1. The van der Waals surface area contributed by atoms with E-state index in [1.54, 1.807) is 25.3 Å². The number of nitrogens with zero attached hydrogens (tertiary/aromatic N) is 2. The SMILES string of the molecule is CCC(C)N1CCN(C(=O)c2ccc(N)cc2OC)CC1. The first-order chi connectivity index (χ1) is 10.1. The maximum Gasteiger partial charge on any atom is 0.257 e. The molecule has 1 aliphatic rings. The minimum Gasteiger partial charge on any atom is -0.496 e. The zero-order valence-corrected chi connectivity index (χ0v) is 13.1. The number of carbonyl (C=O) groups excluding carboxylic acids is 1. The average molecular weight is 291 g/mol. The Balaban J connectivity index is 2.05. The molecule has 2 rings (SSSR count). The monoisotopic (exact) mass is 291 g/mol. The van der Waals surface area contributed by atoms with Gasteiger partial charge in [0.2, 0.25) is 0 Å². The van der Waals surface area contributed by atoms with Crippen LogP contribution in [0.25, 0.3) is 0 Å². The third-order valence-corrected chi connectivity index (χ3v) is 4.27. The zero-order chi connectivity index (χ0) is 15.4. The largest absolute Gasteiger partial charge is 0.496 e. The van der Waals surface area contributed by atoms with Crippen molar-refractivity contribution in [3.05, 3.63) is 23.8 Å². The van der Waals surface area contributed by atoms with Crippen molar-refractivity contribution in [1.29, 1.82) is 0 Å². The summed E-state index contributed by atoms with van der Waals surface area (Å²) >= 11 is 0. The molecule has 5 nitrogen and oxygen atoms in total. The van der Waals surface area contributed by atoms with Gasteiger partial charge in [-0.25, -0.2) is 0 Å². The van der Waals surface area contributed by atoms with Gasteiger partial charge >= 0.3 is 0 Å². The summed E-state index contributed by atoms with van der Waals surface area (Å²) in [6.07, 6.45) is 1.14. The summed E-state index contributed by atoms with van der Waals surface area (Å²) in [5.41, 5.74) is 6.93. The Morgan fingerprint density at radius 1 is 1.33 bits per heavy atom. The number of ether oxygens (including phenoxy) is 1. The normalized spacial score (nSPS) is 17.6. The third kappa shape index (κ3) is 3.47. The van der Waals surface area contributed by atoms with E-state index in [2.05, 4.69) is 18.7 Å². The minimum atomic E-state index is 0.0238. The summed E-state index contributed by atoms with van der Waals surface area (Å²) in [4.78, 5) is 17.0. The fraction of sp³-hybridized carbons (Fsp3) is 0.562. The lowest BCUT2D eigenvalue weighted by atomic mass is 10.1. The first kappa shape index (κ1) is 15.6. The second kappa shape index (κ2) is 6.80. The van der Waals surface area contributed by atoms with E-state index in [1.165, 1.54) is 0 Å². The number of methoxy groups -OCH3 is 1. The number of anilines is 1. The molecule has 0 aromatic heterocycles. The van der Waals surface area contributed by atoms with Crippen LogP contribution >= 0.6 is 0 Å². The van der Waals surface area contributed by atoms with Crippen molar-refractivity contribution in [3.8, 4) is 5.75 Å². The molecule has 1 aromatic rings. The van der Waals surface area contributed by atoms with Crippen LogP contribution in [0.3, 0.4) is 0 Å². The highest BCUT2D eigenvalue weighted by Gasteiger charge is 2.25. The van der Waals surface area contributed by atoms with Crippen LogP contribution < -0.4 is 10.5 Å². The van der Waals surface area contributed by atoms with Gasteiger partial charge in [-0.1, -0.05) is 6.92 Å². The Morgan fingerprint density at radius 3 is 2.57 bits per heavy atom. The van der Waals surface area contributed by atoms with Crippen molar-refractivity contribution in [1.82, 2.24) is 9.80 Å². The quantitative estimate of drug-likeness (QED) is 0.860. The van der Waals surface area contributed by atoms with Crippen LogP contribution in [0.15, 0.2) is 18.2 Å². The van der Waals surface area contributed by atoms with Crippen molar-refractivity contribution in [2.75, 3.05) is 39.0 Å². The maximum absolute atomic E-state index is 12.6. The standard InChI is InChI=1S/C16H25N3O2/c1-4-12(2)18-7-9-19(10-8-18)16(20)14-6-5-13(17)11-15(14)21-3/h5-6,11-12H,4,7-10,17H2,1-3H3. The molecular formula is C16H25N3O2. The van der Waals surface area contributed by atoms with Crippen molar-refractivity contribution in [2.45, 2.75) is 26.3 Å². The van der Waals surface area contributed by atoms with Crippen LogP contribution in [0, 0.1) is 0 Å². The molecule has 1 heterocycles. The molecule has 1 saturated heterocycles. The first-order valence-corrected chi connectivity index (χ1v) is 7.53. The van der Waals surface area contributed by atoms with Crippen LogP contribution in [0.4, 0.5) is 5.69 Å². The second-order valence-corrected chi connectivity index (χ2v) is 5.55. The van der Waals surface area contributed by atoms with Gasteiger partial charge in [0.1, 0.15) is 5.75 Å². The number of amides is 1. The Hall–Kier alpha value is -1.75. The van der Waals surface area contributed by atoms with Gasteiger partial charge in [-0.2, -0.15) is 0 Å². The van der Waals surface area contributed by atoms with E-state index < -0.39 is 0 Å². The van der Waals surface area contributed by atoms with E-state index in [4.69, 9.17) is 10.5 Å². The molecule has 2 N–H and O–H groups in total. The number of rotatable bonds is 4. The number of piperazine rings is 1.